The van der Waals surface area contributed by atoms with Gasteiger partial charge in [0.25, 0.3) is 0 Å². The second-order valence-electron chi connectivity index (χ2n) is 6.31. The van der Waals surface area contributed by atoms with Crippen LogP contribution in [0, 0.1) is 0 Å². The third kappa shape index (κ3) is 58.7. The van der Waals surface area contributed by atoms with Crippen molar-refractivity contribution in [1.29, 1.82) is 0 Å². The van der Waals surface area contributed by atoms with Gasteiger partial charge in [-0.2, -0.15) is 0 Å². The minimum atomic E-state index is 0. The molecule has 0 heterocycles. The number of unbranched alkanes of at least 4 members (excludes halogenated alkanes) is 12. The highest BCUT2D eigenvalue weighted by atomic mass is 13.9. The molecular formula is C27H58. The zero-order chi connectivity index (χ0) is 20.7. The molecule has 0 fully saturated rings. The smallest absolute Gasteiger partial charge is 0.0351 e. The van der Waals surface area contributed by atoms with Crippen LogP contribution >= 0.6 is 0 Å². The van der Waals surface area contributed by atoms with Crippen LogP contribution in [0.25, 0.3) is 0 Å². The summed E-state index contributed by atoms with van der Waals surface area (Å²) in [6, 6.07) is 0. The largest absolute Gasteiger partial charge is 0.106 e. The molecule has 0 aliphatic heterocycles. The molecule has 0 atom stereocenters. The predicted octanol–water partition coefficient (Wildman–Crippen LogP) is 11.1. The molecule has 0 aromatic heterocycles. The summed E-state index contributed by atoms with van der Waals surface area (Å²) in [5.74, 6) is 0. The zero-order valence-corrected chi connectivity index (χ0v) is 19.5. The Morgan fingerprint density at radius 1 is 0.519 bits per heavy atom. The SMILES string of the molecule is C.C=C.C=CCCCCCC.CC.CCCCCC/C=C/CCCCCC. The molecule has 0 radical (unpaired) electrons. The lowest BCUT2D eigenvalue weighted by atomic mass is 10.1. The third-order valence-corrected chi connectivity index (χ3v) is 3.88. The van der Waals surface area contributed by atoms with Gasteiger partial charge in [-0.15, -0.1) is 19.7 Å². The molecule has 27 heavy (non-hydrogen) atoms. The standard InChI is InChI=1S/C14H28.C8H16.C2H6.C2H4.CH4/c1-3-5-7-9-11-13-14-12-10-8-6-4-2;1-3-5-7-8-6-4-2;2*1-2;/h13-14H,3-12H2,1-2H3;3H,1,4-8H2,2H3;1-2H3;1-2H2;1H4/b14-13+;;;;. The summed E-state index contributed by atoms with van der Waals surface area (Å²) in [6.45, 7) is 20.4. The van der Waals surface area contributed by atoms with Crippen LogP contribution in [0.15, 0.2) is 38.0 Å². The highest BCUT2D eigenvalue weighted by molar-refractivity contribution is 4.81. The van der Waals surface area contributed by atoms with E-state index in [2.05, 4.69) is 52.7 Å². The molecule has 0 unspecified atom stereocenters. The van der Waals surface area contributed by atoms with Gasteiger partial charge in [-0.25, -0.2) is 0 Å². The van der Waals surface area contributed by atoms with Gasteiger partial charge in [0.05, 0.1) is 0 Å². The summed E-state index contributed by atoms with van der Waals surface area (Å²) in [7, 11) is 0. The summed E-state index contributed by atoms with van der Waals surface area (Å²) in [4.78, 5) is 0. The number of rotatable bonds is 15. The quantitative estimate of drug-likeness (QED) is 0.195. The Hall–Kier alpha value is -0.780. The fourth-order valence-corrected chi connectivity index (χ4v) is 2.33. The first kappa shape index (κ1) is 37.0. The summed E-state index contributed by atoms with van der Waals surface area (Å²) in [5.41, 5.74) is 0. The zero-order valence-electron chi connectivity index (χ0n) is 19.5. The van der Waals surface area contributed by atoms with Gasteiger partial charge in [0.15, 0.2) is 0 Å². The van der Waals surface area contributed by atoms with Crippen LogP contribution < -0.4 is 0 Å². The van der Waals surface area contributed by atoms with Crippen LogP contribution in [-0.2, 0) is 0 Å². The molecule has 0 N–H and O–H groups in total. The second-order valence-corrected chi connectivity index (χ2v) is 6.31. The molecule has 0 aliphatic rings. The first-order valence-corrected chi connectivity index (χ1v) is 11.6. The van der Waals surface area contributed by atoms with Gasteiger partial charge < -0.3 is 0 Å². The molecule has 0 amide bonds. The van der Waals surface area contributed by atoms with E-state index in [4.69, 9.17) is 0 Å². The van der Waals surface area contributed by atoms with Gasteiger partial charge in [0.1, 0.15) is 0 Å². The maximum absolute atomic E-state index is 3.66. The van der Waals surface area contributed by atoms with Gasteiger partial charge >= 0.3 is 0 Å². The molecule has 0 spiro atoms. The molecule has 0 saturated heterocycles. The predicted molar refractivity (Wildman–Crippen MR) is 135 cm³/mol. The number of allylic oxidation sites excluding steroid dienone is 3. The van der Waals surface area contributed by atoms with E-state index in [0.717, 1.165) is 0 Å². The number of hydrogen-bond donors (Lipinski definition) is 0. The lowest BCUT2D eigenvalue weighted by molar-refractivity contribution is 0.665. The summed E-state index contributed by atoms with van der Waals surface area (Å²) < 4.78 is 0. The number of hydrogen-bond acceptors (Lipinski definition) is 0. The summed E-state index contributed by atoms with van der Waals surface area (Å²) in [6.07, 6.45) is 27.1. The molecule has 0 saturated carbocycles. The summed E-state index contributed by atoms with van der Waals surface area (Å²) >= 11 is 0. The Bertz CT molecular complexity index is 200. The van der Waals surface area contributed by atoms with Crippen molar-refractivity contribution in [3.63, 3.8) is 0 Å². The van der Waals surface area contributed by atoms with Crippen LogP contribution in [0.4, 0.5) is 0 Å². The van der Waals surface area contributed by atoms with Crippen molar-refractivity contribution in [1.82, 2.24) is 0 Å². The van der Waals surface area contributed by atoms with Crippen LogP contribution in [0.2, 0.25) is 0 Å². The van der Waals surface area contributed by atoms with Crippen LogP contribution in [-0.4, -0.2) is 0 Å². The topological polar surface area (TPSA) is 0 Å². The lowest BCUT2D eigenvalue weighted by Crippen LogP contribution is -1.75. The van der Waals surface area contributed by atoms with Crippen LogP contribution in [0.5, 0.6) is 0 Å². The lowest BCUT2D eigenvalue weighted by Gasteiger charge is -1.95. The molecule has 0 aromatic carbocycles. The fourth-order valence-electron chi connectivity index (χ4n) is 2.33. The van der Waals surface area contributed by atoms with Crippen molar-refractivity contribution in [2.75, 3.05) is 0 Å². The van der Waals surface area contributed by atoms with E-state index in [9.17, 15) is 0 Å². The molecule has 0 rings (SSSR count). The van der Waals surface area contributed by atoms with Gasteiger partial charge in [-0.05, 0) is 38.5 Å². The summed E-state index contributed by atoms with van der Waals surface area (Å²) in [5, 5.41) is 0. The van der Waals surface area contributed by atoms with Crippen molar-refractivity contribution in [2.24, 2.45) is 0 Å². The molecule has 166 valence electrons. The van der Waals surface area contributed by atoms with E-state index in [-0.39, 0.29) is 7.43 Å². The Balaban J connectivity index is -0.000000106. The van der Waals surface area contributed by atoms with E-state index < -0.39 is 0 Å². The maximum atomic E-state index is 3.66. The van der Waals surface area contributed by atoms with Crippen molar-refractivity contribution in [3.8, 4) is 0 Å². The molecule has 0 bridgehead atoms. The Kier molecular flexibility index (Phi) is 68.4. The van der Waals surface area contributed by atoms with Crippen molar-refractivity contribution in [2.45, 2.75) is 138 Å². The Morgan fingerprint density at radius 3 is 1.07 bits per heavy atom. The third-order valence-electron chi connectivity index (χ3n) is 3.88. The second kappa shape index (κ2) is 49.9. The Labute approximate surface area is 176 Å². The van der Waals surface area contributed by atoms with Crippen molar-refractivity contribution in [3.05, 3.63) is 38.0 Å². The molecule has 0 aromatic rings. The maximum Gasteiger partial charge on any atom is -0.0351 e. The average molecular weight is 383 g/mol. The van der Waals surface area contributed by atoms with E-state index in [1.54, 1.807) is 0 Å². The first-order valence-electron chi connectivity index (χ1n) is 11.6. The van der Waals surface area contributed by atoms with Crippen molar-refractivity contribution >= 4 is 0 Å². The highest BCUT2D eigenvalue weighted by Crippen LogP contribution is 2.06. The van der Waals surface area contributed by atoms with Crippen LogP contribution in [0.1, 0.15) is 138 Å². The van der Waals surface area contributed by atoms with E-state index >= 15 is 0 Å². The van der Waals surface area contributed by atoms with Gasteiger partial charge in [-0.1, -0.05) is 118 Å². The normalized spacial score (nSPS) is 8.93. The van der Waals surface area contributed by atoms with Gasteiger partial charge in [-0.3, -0.25) is 0 Å². The molecular weight excluding hydrogens is 324 g/mol. The van der Waals surface area contributed by atoms with Crippen molar-refractivity contribution < 1.29 is 0 Å². The van der Waals surface area contributed by atoms with Gasteiger partial charge in [0.2, 0.25) is 0 Å². The Morgan fingerprint density at radius 2 is 0.815 bits per heavy atom. The minimum Gasteiger partial charge on any atom is -0.106 e. The average Bonchev–Trinajstić information content (AvgIpc) is 2.70. The minimum absolute atomic E-state index is 0. The van der Waals surface area contributed by atoms with E-state index in [1.807, 2.05) is 19.9 Å². The van der Waals surface area contributed by atoms with Crippen LogP contribution in [0.3, 0.4) is 0 Å². The molecule has 0 nitrogen and oxygen atoms in total. The molecule has 0 aliphatic carbocycles. The highest BCUT2D eigenvalue weighted by Gasteiger charge is 1.86. The van der Waals surface area contributed by atoms with E-state index in [0.29, 0.717) is 0 Å². The first-order chi connectivity index (χ1) is 12.8. The molecule has 0 heteroatoms. The van der Waals surface area contributed by atoms with E-state index in [1.165, 1.54) is 96.3 Å². The monoisotopic (exact) mass is 382 g/mol. The fraction of sp³-hybridized carbons (Fsp3) is 0.778. The van der Waals surface area contributed by atoms with Gasteiger partial charge in [0, 0.05) is 0 Å².